The summed E-state index contributed by atoms with van der Waals surface area (Å²) >= 11 is 0. The largest absolute Gasteiger partial charge is 0.435 e. The number of alkyl halides is 2. The van der Waals surface area contributed by atoms with Gasteiger partial charge in [-0.3, -0.25) is 0 Å². The topological polar surface area (TPSA) is 30.5 Å². The predicted octanol–water partition coefficient (Wildman–Crippen LogP) is 2.74. The van der Waals surface area contributed by atoms with Gasteiger partial charge in [-0.25, -0.2) is 0 Å². The van der Waals surface area contributed by atoms with E-state index in [-0.39, 0.29) is 11.2 Å². The van der Waals surface area contributed by atoms with Crippen LogP contribution in [0.3, 0.4) is 0 Å². The minimum atomic E-state index is -2.79. The van der Waals surface area contributed by atoms with Crippen molar-refractivity contribution in [2.45, 2.75) is 13.5 Å². The normalized spacial score (nSPS) is 17.6. The third-order valence-corrected chi connectivity index (χ3v) is 2.68. The molecule has 3 nitrogen and oxygen atoms in total. The van der Waals surface area contributed by atoms with Crippen LogP contribution in [0.15, 0.2) is 24.3 Å². The summed E-state index contributed by atoms with van der Waals surface area (Å²) in [5, 5.41) is 3.20. The second kappa shape index (κ2) is 4.87. The molecule has 0 aromatic heterocycles. The van der Waals surface area contributed by atoms with Crippen molar-refractivity contribution in [2.75, 3.05) is 25.1 Å². The molecule has 1 saturated heterocycles. The van der Waals surface area contributed by atoms with Gasteiger partial charge in [-0.05, 0) is 12.1 Å². The van der Waals surface area contributed by atoms with Crippen LogP contribution in [0.4, 0.5) is 14.5 Å². The first-order valence-corrected chi connectivity index (χ1v) is 5.44. The van der Waals surface area contributed by atoms with Gasteiger partial charge < -0.3 is 14.8 Å². The Labute approximate surface area is 98.7 Å². The molecule has 1 aliphatic rings. The molecule has 2 rings (SSSR count). The maximum absolute atomic E-state index is 12.0. The zero-order valence-corrected chi connectivity index (χ0v) is 9.58. The van der Waals surface area contributed by atoms with Crippen LogP contribution in [0.25, 0.3) is 0 Å². The highest BCUT2D eigenvalue weighted by molar-refractivity contribution is 5.48. The van der Waals surface area contributed by atoms with Crippen molar-refractivity contribution in [3.05, 3.63) is 24.3 Å². The molecule has 1 aromatic rings. The fourth-order valence-corrected chi connectivity index (χ4v) is 1.65. The molecule has 0 radical (unpaired) electrons. The first kappa shape index (κ1) is 12.1. The first-order chi connectivity index (χ1) is 8.07. The second-order valence-electron chi connectivity index (χ2n) is 4.56. The minimum Gasteiger partial charge on any atom is -0.435 e. The lowest BCUT2D eigenvalue weighted by atomic mass is 9.89. The van der Waals surface area contributed by atoms with Gasteiger partial charge in [0.15, 0.2) is 0 Å². The lowest BCUT2D eigenvalue weighted by molar-refractivity contribution is -0.0924. The van der Waals surface area contributed by atoms with Gasteiger partial charge in [-0.15, -0.1) is 0 Å². The van der Waals surface area contributed by atoms with Crippen molar-refractivity contribution in [3.63, 3.8) is 0 Å². The Balaban J connectivity index is 1.91. The zero-order chi connectivity index (χ0) is 12.3. The highest BCUT2D eigenvalue weighted by Crippen LogP contribution is 2.27. The Kier molecular flexibility index (Phi) is 3.47. The Morgan fingerprint density at radius 3 is 2.82 bits per heavy atom. The van der Waals surface area contributed by atoms with E-state index in [2.05, 4.69) is 17.0 Å². The molecule has 1 heterocycles. The Morgan fingerprint density at radius 2 is 2.24 bits per heavy atom. The second-order valence-corrected chi connectivity index (χ2v) is 4.56. The number of hydrogen-bond donors (Lipinski definition) is 1. The van der Waals surface area contributed by atoms with Crippen molar-refractivity contribution in [2.24, 2.45) is 5.41 Å². The van der Waals surface area contributed by atoms with Gasteiger partial charge in [0.25, 0.3) is 0 Å². The molecular formula is C12H15F2NO2. The standard InChI is InChI=1S/C12H15F2NO2/c1-12(7-16-8-12)6-15-9-3-2-4-10(5-9)17-11(13)14/h2-5,11,15H,6-8H2,1H3. The number of halogens is 2. The maximum Gasteiger partial charge on any atom is 0.387 e. The average Bonchev–Trinajstić information content (AvgIpc) is 2.23. The van der Waals surface area contributed by atoms with E-state index in [1.165, 1.54) is 6.07 Å². The molecular weight excluding hydrogens is 228 g/mol. The van der Waals surface area contributed by atoms with E-state index < -0.39 is 6.61 Å². The molecule has 94 valence electrons. The highest BCUT2D eigenvalue weighted by atomic mass is 19.3. The van der Waals surface area contributed by atoms with Crippen molar-refractivity contribution >= 4 is 5.69 Å². The zero-order valence-electron chi connectivity index (χ0n) is 9.58. The predicted molar refractivity (Wildman–Crippen MR) is 60.5 cm³/mol. The van der Waals surface area contributed by atoms with E-state index in [0.717, 1.165) is 25.4 Å². The molecule has 0 amide bonds. The number of rotatable bonds is 5. The molecule has 1 N–H and O–H groups in total. The number of hydrogen-bond acceptors (Lipinski definition) is 3. The van der Waals surface area contributed by atoms with E-state index in [0.29, 0.717) is 0 Å². The first-order valence-electron chi connectivity index (χ1n) is 5.44. The highest BCUT2D eigenvalue weighted by Gasteiger charge is 2.32. The summed E-state index contributed by atoms with van der Waals surface area (Å²) in [6.07, 6.45) is 0. The molecule has 17 heavy (non-hydrogen) atoms. The maximum atomic E-state index is 12.0. The Morgan fingerprint density at radius 1 is 1.47 bits per heavy atom. The number of benzene rings is 1. The quantitative estimate of drug-likeness (QED) is 0.862. The molecule has 0 saturated carbocycles. The van der Waals surface area contributed by atoms with Crippen molar-refractivity contribution in [3.8, 4) is 5.75 Å². The van der Waals surface area contributed by atoms with Gasteiger partial charge >= 0.3 is 6.61 Å². The lowest BCUT2D eigenvalue weighted by Gasteiger charge is -2.38. The van der Waals surface area contributed by atoms with Crippen LogP contribution in [-0.2, 0) is 4.74 Å². The summed E-state index contributed by atoms with van der Waals surface area (Å²) in [4.78, 5) is 0. The van der Waals surface area contributed by atoms with Crippen molar-refractivity contribution < 1.29 is 18.3 Å². The van der Waals surface area contributed by atoms with Crippen LogP contribution in [0.5, 0.6) is 5.75 Å². The molecule has 0 aliphatic carbocycles. The van der Waals surface area contributed by atoms with Crippen molar-refractivity contribution in [1.82, 2.24) is 0 Å². The van der Waals surface area contributed by atoms with E-state index in [1.54, 1.807) is 12.1 Å². The Bertz CT molecular complexity index is 381. The van der Waals surface area contributed by atoms with Crippen molar-refractivity contribution in [1.29, 1.82) is 0 Å². The van der Waals surface area contributed by atoms with Crippen LogP contribution in [0.1, 0.15) is 6.92 Å². The van der Waals surface area contributed by atoms with E-state index in [9.17, 15) is 8.78 Å². The van der Waals surface area contributed by atoms with Crippen LogP contribution in [0, 0.1) is 5.41 Å². The molecule has 5 heteroatoms. The lowest BCUT2D eigenvalue weighted by Crippen LogP contribution is -2.45. The Hall–Kier alpha value is -1.36. The SMILES string of the molecule is CC1(CNc2cccc(OC(F)F)c2)COC1. The minimum absolute atomic E-state index is 0.138. The smallest absolute Gasteiger partial charge is 0.387 e. The van der Waals surface area contributed by atoms with E-state index in [4.69, 9.17) is 4.74 Å². The monoisotopic (exact) mass is 243 g/mol. The molecule has 0 bridgehead atoms. The molecule has 1 aromatic carbocycles. The molecule has 1 fully saturated rings. The van der Waals surface area contributed by atoms with Gasteiger partial charge in [0.1, 0.15) is 5.75 Å². The molecule has 0 spiro atoms. The van der Waals surface area contributed by atoms with Gasteiger partial charge in [0, 0.05) is 23.7 Å². The third-order valence-electron chi connectivity index (χ3n) is 2.68. The van der Waals surface area contributed by atoms with Crippen LogP contribution >= 0.6 is 0 Å². The van der Waals surface area contributed by atoms with Crippen LogP contribution in [0.2, 0.25) is 0 Å². The molecule has 0 atom stereocenters. The van der Waals surface area contributed by atoms with Crippen LogP contribution in [-0.4, -0.2) is 26.4 Å². The van der Waals surface area contributed by atoms with Gasteiger partial charge in [-0.1, -0.05) is 13.0 Å². The van der Waals surface area contributed by atoms with Gasteiger partial charge in [0.05, 0.1) is 13.2 Å². The number of nitrogens with one attached hydrogen (secondary N) is 1. The van der Waals surface area contributed by atoms with Gasteiger partial charge in [-0.2, -0.15) is 8.78 Å². The van der Waals surface area contributed by atoms with Crippen LogP contribution < -0.4 is 10.1 Å². The fraction of sp³-hybridized carbons (Fsp3) is 0.500. The van der Waals surface area contributed by atoms with E-state index >= 15 is 0 Å². The molecule has 1 aliphatic heterocycles. The summed E-state index contributed by atoms with van der Waals surface area (Å²) < 4.78 is 33.5. The number of ether oxygens (including phenoxy) is 2. The molecule has 0 unspecified atom stereocenters. The summed E-state index contributed by atoms with van der Waals surface area (Å²) in [6, 6.07) is 6.57. The van der Waals surface area contributed by atoms with E-state index in [1.807, 2.05) is 6.07 Å². The fourth-order valence-electron chi connectivity index (χ4n) is 1.65. The summed E-state index contributed by atoms with van der Waals surface area (Å²) in [5.74, 6) is 0.167. The van der Waals surface area contributed by atoms with Gasteiger partial charge in [0.2, 0.25) is 0 Å². The number of anilines is 1. The summed E-state index contributed by atoms with van der Waals surface area (Å²) in [6.45, 7) is 1.54. The average molecular weight is 243 g/mol. The summed E-state index contributed by atoms with van der Waals surface area (Å²) in [7, 11) is 0. The summed E-state index contributed by atoms with van der Waals surface area (Å²) in [5.41, 5.74) is 0.913. The third kappa shape index (κ3) is 3.30.